The number of halogens is 6. The Balaban J connectivity index is 2.32. The Hall–Kier alpha value is -0.100. The summed E-state index contributed by atoms with van der Waals surface area (Å²) in [5.74, 6) is 1.04. The van der Waals surface area contributed by atoms with Crippen molar-refractivity contribution in [2.24, 2.45) is 9.98 Å². The van der Waals surface area contributed by atoms with Gasteiger partial charge in [0.2, 0.25) is 7.59 Å². The molecular formula is C13H11Cl6N3O. The van der Waals surface area contributed by atoms with Crippen LogP contribution in [0.2, 0.25) is 0 Å². The molecule has 0 saturated heterocycles. The third-order valence-corrected chi connectivity index (χ3v) is 4.13. The van der Waals surface area contributed by atoms with Gasteiger partial charge in [-0.05, 0) is 31.1 Å². The second-order valence-corrected chi connectivity index (χ2v) is 9.34. The standard InChI is InChI=1S/C13H11Cl6N3O/c1-6-5-23-8(7(6)2)3-4-9-20-10(12(14,15)16)22-11(21-9)13(17,18)19/h4-5H,3H2,1-2H3,(H,20,21,22). The third-order valence-electron chi connectivity index (χ3n) is 3.08. The van der Waals surface area contributed by atoms with Gasteiger partial charge in [-0.25, -0.2) is 9.98 Å². The molecule has 0 spiro atoms. The molecular weight excluding hydrogens is 427 g/mol. The van der Waals surface area contributed by atoms with Gasteiger partial charge in [0.15, 0.2) is 11.7 Å². The Morgan fingerprint density at radius 3 is 2.22 bits per heavy atom. The fourth-order valence-corrected chi connectivity index (χ4v) is 2.25. The monoisotopic (exact) mass is 435 g/mol. The van der Waals surface area contributed by atoms with Gasteiger partial charge in [-0.15, -0.1) is 0 Å². The van der Waals surface area contributed by atoms with Crippen LogP contribution >= 0.6 is 69.6 Å². The van der Waals surface area contributed by atoms with Crippen LogP contribution in [-0.2, 0) is 6.42 Å². The van der Waals surface area contributed by atoms with Gasteiger partial charge in [0.05, 0.1) is 6.26 Å². The summed E-state index contributed by atoms with van der Waals surface area (Å²) in [4.78, 5) is 8.08. The number of alkyl halides is 6. The average Bonchev–Trinajstić information content (AvgIpc) is 2.74. The van der Waals surface area contributed by atoms with Gasteiger partial charge in [0.25, 0.3) is 0 Å². The molecule has 1 aliphatic rings. The number of hydrogen-bond donors (Lipinski definition) is 1. The smallest absolute Gasteiger partial charge is 0.250 e. The normalized spacial score (nSPS) is 17.8. The molecule has 0 bridgehead atoms. The first-order valence-corrected chi connectivity index (χ1v) is 8.58. The van der Waals surface area contributed by atoms with Crippen LogP contribution in [0.4, 0.5) is 0 Å². The van der Waals surface area contributed by atoms with E-state index in [1.165, 1.54) is 0 Å². The van der Waals surface area contributed by atoms with Crippen LogP contribution in [0.5, 0.6) is 0 Å². The number of hydrogen-bond acceptors (Lipinski definition) is 4. The molecule has 0 unspecified atom stereocenters. The number of nitrogens with zero attached hydrogens (tertiary/aromatic N) is 2. The molecule has 1 aliphatic heterocycles. The Morgan fingerprint density at radius 1 is 1.09 bits per heavy atom. The molecule has 23 heavy (non-hydrogen) atoms. The van der Waals surface area contributed by atoms with Crippen LogP contribution in [0.3, 0.4) is 0 Å². The van der Waals surface area contributed by atoms with E-state index >= 15 is 0 Å². The lowest BCUT2D eigenvalue weighted by Crippen LogP contribution is -2.39. The van der Waals surface area contributed by atoms with Gasteiger partial charge in [-0.1, -0.05) is 69.6 Å². The van der Waals surface area contributed by atoms with Crippen LogP contribution in [0.15, 0.2) is 32.6 Å². The summed E-state index contributed by atoms with van der Waals surface area (Å²) >= 11 is 35.0. The van der Waals surface area contributed by atoms with Crippen LogP contribution in [0.1, 0.15) is 16.9 Å². The van der Waals surface area contributed by atoms with Gasteiger partial charge in [0, 0.05) is 6.42 Å². The second-order valence-electron chi connectivity index (χ2n) is 4.78. The van der Waals surface area contributed by atoms with Crippen molar-refractivity contribution in [1.82, 2.24) is 5.32 Å². The lowest BCUT2D eigenvalue weighted by Gasteiger charge is -2.23. The molecule has 0 atom stereocenters. The van der Waals surface area contributed by atoms with E-state index in [1.54, 1.807) is 12.3 Å². The Kier molecular flexibility index (Phi) is 5.87. The van der Waals surface area contributed by atoms with Gasteiger partial charge < -0.3 is 9.73 Å². The van der Waals surface area contributed by atoms with E-state index in [1.807, 2.05) is 13.8 Å². The summed E-state index contributed by atoms with van der Waals surface area (Å²) in [5.41, 5.74) is 2.11. The first kappa shape index (κ1) is 19.2. The largest absolute Gasteiger partial charge is 0.468 e. The van der Waals surface area contributed by atoms with E-state index in [4.69, 9.17) is 74.0 Å². The summed E-state index contributed by atoms with van der Waals surface area (Å²) in [5, 5.41) is 2.80. The number of rotatable bonds is 2. The van der Waals surface area contributed by atoms with Crippen molar-refractivity contribution in [2.45, 2.75) is 27.9 Å². The highest BCUT2D eigenvalue weighted by molar-refractivity contribution is 6.79. The molecule has 1 N–H and O–H groups in total. The van der Waals surface area contributed by atoms with Crippen molar-refractivity contribution in [1.29, 1.82) is 0 Å². The highest BCUT2D eigenvalue weighted by atomic mass is 35.6. The van der Waals surface area contributed by atoms with E-state index in [-0.39, 0.29) is 11.7 Å². The van der Waals surface area contributed by atoms with Crippen molar-refractivity contribution >= 4 is 81.3 Å². The molecule has 2 heterocycles. The summed E-state index contributed by atoms with van der Waals surface area (Å²) in [6.07, 6.45) is 3.88. The zero-order valence-corrected chi connectivity index (χ0v) is 16.5. The molecule has 2 rings (SSSR count). The molecule has 1 aromatic heterocycles. The molecule has 0 fully saturated rings. The minimum absolute atomic E-state index is 0.00239. The summed E-state index contributed by atoms with van der Waals surface area (Å²) in [6.45, 7) is 3.92. The fourth-order valence-electron chi connectivity index (χ4n) is 1.73. The van der Waals surface area contributed by atoms with E-state index in [9.17, 15) is 0 Å². The maximum atomic E-state index is 5.85. The molecule has 0 saturated carbocycles. The Labute approximate surface area is 163 Å². The number of amidine groups is 2. The van der Waals surface area contributed by atoms with E-state index in [0.717, 1.165) is 16.9 Å². The maximum Gasteiger partial charge on any atom is 0.250 e. The highest BCUT2D eigenvalue weighted by Gasteiger charge is 2.36. The van der Waals surface area contributed by atoms with Crippen molar-refractivity contribution in [3.63, 3.8) is 0 Å². The van der Waals surface area contributed by atoms with E-state index < -0.39 is 7.59 Å². The Bertz CT molecular complexity index is 694. The lowest BCUT2D eigenvalue weighted by atomic mass is 10.1. The molecule has 0 radical (unpaired) electrons. The first-order valence-electron chi connectivity index (χ1n) is 6.31. The number of nitrogens with one attached hydrogen (secondary N) is 1. The van der Waals surface area contributed by atoms with Gasteiger partial charge in [-0.2, -0.15) is 0 Å². The third kappa shape index (κ3) is 4.94. The zero-order chi connectivity index (χ0) is 17.4. The summed E-state index contributed by atoms with van der Waals surface area (Å²) in [7, 11) is 0. The number of aryl methyl sites for hydroxylation is 1. The van der Waals surface area contributed by atoms with Gasteiger partial charge in [-0.3, -0.25) is 0 Å². The fraction of sp³-hybridized carbons (Fsp3) is 0.385. The topological polar surface area (TPSA) is 49.9 Å². The zero-order valence-electron chi connectivity index (χ0n) is 11.9. The van der Waals surface area contributed by atoms with Gasteiger partial charge >= 0.3 is 0 Å². The second kappa shape index (κ2) is 7.03. The van der Waals surface area contributed by atoms with Crippen LogP contribution in [0.25, 0.3) is 0 Å². The van der Waals surface area contributed by atoms with Crippen molar-refractivity contribution in [2.75, 3.05) is 0 Å². The predicted octanol–water partition coefficient (Wildman–Crippen LogP) is 5.42. The van der Waals surface area contributed by atoms with Crippen LogP contribution in [-0.4, -0.2) is 19.3 Å². The molecule has 4 nitrogen and oxygen atoms in total. The van der Waals surface area contributed by atoms with Crippen molar-refractivity contribution in [3.05, 3.63) is 35.0 Å². The van der Waals surface area contributed by atoms with Crippen LogP contribution < -0.4 is 5.32 Å². The molecule has 126 valence electrons. The molecule has 0 aliphatic carbocycles. The molecule has 10 heteroatoms. The number of furan rings is 1. The maximum absolute atomic E-state index is 5.85. The Morgan fingerprint density at radius 2 is 1.74 bits per heavy atom. The SMILES string of the molecule is Cc1coc(CC=C2N=C(C(Cl)(Cl)Cl)N=C(C(Cl)(Cl)Cl)N2)c1C. The summed E-state index contributed by atoms with van der Waals surface area (Å²) in [6, 6.07) is 0. The molecule has 0 amide bonds. The van der Waals surface area contributed by atoms with Gasteiger partial charge in [0.1, 0.15) is 11.6 Å². The van der Waals surface area contributed by atoms with E-state index in [0.29, 0.717) is 12.2 Å². The summed E-state index contributed by atoms with van der Waals surface area (Å²) < 4.78 is 1.81. The number of allylic oxidation sites excluding steroid dienone is 1. The molecule has 0 aromatic carbocycles. The minimum atomic E-state index is -1.85. The number of aliphatic imine (C=N–C) groups is 2. The quantitative estimate of drug-likeness (QED) is 0.628. The lowest BCUT2D eigenvalue weighted by molar-refractivity contribution is 0.518. The average molecular weight is 438 g/mol. The highest BCUT2D eigenvalue weighted by Crippen LogP contribution is 2.34. The predicted molar refractivity (Wildman–Crippen MR) is 98.6 cm³/mol. The van der Waals surface area contributed by atoms with Crippen molar-refractivity contribution < 1.29 is 4.42 Å². The minimum Gasteiger partial charge on any atom is -0.468 e. The first-order chi connectivity index (χ1) is 10.5. The van der Waals surface area contributed by atoms with Crippen LogP contribution in [0, 0.1) is 13.8 Å². The molecule has 1 aromatic rings. The van der Waals surface area contributed by atoms with Crippen molar-refractivity contribution in [3.8, 4) is 0 Å². The van der Waals surface area contributed by atoms with E-state index in [2.05, 4.69) is 15.3 Å².